The molecule has 3 N–H and O–H groups in total. The lowest BCUT2D eigenvalue weighted by Gasteiger charge is -2.30. The number of nitrogens with zero attached hydrogens (tertiary/aromatic N) is 1. The summed E-state index contributed by atoms with van der Waals surface area (Å²) in [5.41, 5.74) is 6.06. The Labute approximate surface area is 129 Å². The number of benzene rings is 1. The largest absolute Gasteiger partial charge is 0.366 e. The highest BCUT2D eigenvalue weighted by Gasteiger charge is 2.30. The molecule has 0 unspecified atom stereocenters. The fourth-order valence-electron chi connectivity index (χ4n) is 2.42. The Hall–Kier alpha value is -1.93. The van der Waals surface area contributed by atoms with Gasteiger partial charge in [-0.15, -0.1) is 0 Å². The number of anilines is 1. The van der Waals surface area contributed by atoms with Gasteiger partial charge in [0.15, 0.2) is 0 Å². The van der Waals surface area contributed by atoms with E-state index in [9.17, 15) is 18.0 Å². The van der Waals surface area contributed by atoms with Crippen molar-refractivity contribution in [3.63, 3.8) is 0 Å². The average Bonchev–Trinajstić information content (AvgIpc) is 2.47. The first-order valence-corrected chi connectivity index (χ1v) is 8.78. The van der Waals surface area contributed by atoms with Gasteiger partial charge in [0.1, 0.15) is 0 Å². The summed E-state index contributed by atoms with van der Waals surface area (Å²) < 4.78 is 24.5. The lowest BCUT2D eigenvalue weighted by atomic mass is 9.98. The first kappa shape index (κ1) is 16.4. The highest BCUT2D eigenvalue weighted by atomic mass is 32.2. The predicted octanol–water partition coefficient (Wildman–Crippen LogP) is 0.396. The van der Waals surface area contributed by atoms with E-state index in [-0.39, 0.29) is 18.4 Å². The minimum Gasteiger partial charge on any atom is -0.366 e. The molecule has 1 saturated heterocycles. The van der Waals surface area contributed by atoms with Gasteiger partial charge in [-0.3, -0.25) is 9.59 Å². The van der Waals surface area contributed by atoms with E-state index in [1.54, 1.807) is 12.1 Å². The summed E-state index contributed by atoms with van der Waals surface area (Å²) >= 11 is 0. The molecule has 0 saturated carbocycles. The third kappa shape index (κ3) is 4.05. The van der Waals surface area contributed by atoms with Gasteiger partial charge in [-0.1, -0.05) is 0 Å². The molecule has 1 aliphatic rings. The molecule has 0 aliphatic carbocycles. The van der Waals surface area contributed by atoms with Gasteiger partial charge in [-0.25, -0.2) is 12.7 Å². The number of nitrogens with two attached hydrogens (primary N) is 1. The van der Waals surface area contributed by atoms with Gasteiger partial charge in [-0.2, -0.15) is 0 Å². The fourth-order valence-corrected chi connectivity index (χ4v) is 3.33. The molecule has 0 radical (unpaired) electrons. The van der Waals surface area contributed by atoms with Crippen LogP contribution >= 0.6 is 0 Å². The smallest absolute Gasteiger partial charge is 0.248 e. The molecule has 7 nitrogen and oxygen atoms in total. The standard InChI is InChI=1S/C14H19N3O4S/c1-22(20,21)17-8-2-3-11(9-17)14(19)16-12-6-4-10(5-7-12)13(15)18/h4-7,11H,2-3,8-9H2,1H3,(H2,15,18)(H,16,19)/t11-/m1/s1. The van der Waals surface area contributed by atoms with Gasteiger partial charge in [0.05, 0.1) is 12.2 Å². The van der Waals surface area contributed by atoms with E-state index in [0.717, 1.165) is 6.26 Å². The van der Waals surface area contributed by atoms with E-state index in [1.165, 1.54) is 16.4 Å². The number of rotatable bonds is 4. The normalized spacial score (nSPS) is 19.6. The summed E-state index contributed by atoms with van der Waals surface area (Å²) in [6.07, 6.45) is 2.46. The van der Waals surface area contributed by atoms with E-state index in [1.807, 2.05) is 0 Å². The second-order valence-corrected chi connectivity index (χ2v) is 7.37. The molecule has 1 aromatic rings. The number of piperidine rings is 1. The van der Waals surface area contributed by atoms with Crippen LogP contribution in [0.3, 0.4) is 0 Å². The molecule has 1 aromatic carbocycles. The number of amides is 2. The Morgan fingerprint density at radius 1 is 1.27 bits per heavy atom. The summed E-state index contributed by atoms with van der Waals surface area (Å²) in [7, 11) is -3.28. The van der Waals surface area contributed by atoms with Gasteiger partial charge in [0, 0.05) is 24.3 Å². The van der Waals surface area contributed by atoms with Crippen LogP contribution in [0, 0.1) is 5.92 Å². The molecular formula is C14H19N3O4S. The van der Waals surface area contributed by atoms with Crippen molar-refractivity contribution in [2.45, 2.75) is 12.8 Å². The Morgan fingerprint density at radius 2 is 1.91 bits per heavy atom. The fraction of sp³-hybridized carbons (Fsp3) is 0.429. The van der Waals surface area contributed by atoms with Gasteiger partial charge >= 0.3 is 0 Å². The summed E-state index contributed by atoms with van der Waals surface area (Å²) in [5.74, 6) is -1.13. The maximum absolute atomic E-state index is 12.2. The second-order valence-electron chi connectivity index (χ2n) is 5.39. The van der Waals surface area contributed by atoms with Crippen LogP contribution in [-0.2, 0) is 14.8 Å². The van der Waals surface area contributed by atoms with Gasteiger partial charge in [0.2, 0.25) is 21.8 Å². The second kappa shape index (κ2) is 6.45. The van der Waals surface area contributed by atoms with E-state index in [2.05, 4.69) is 5.32 Å². The van der Waals surface area contributed by atoms with Gasteiger partial charge < -0.3 is 11.1 Å². The van der Waals surface area contributed by atoms with Gasteiger partial charge in [-0.05, 0) is 37.1 Å². The number of sulfonamides is 1. The lowest BCUT2D eigenvalue weighted by molar-refractivity contribution is -0.120. The molecule has 2 rings (SSSR count). The Balaban J connectivity index is 2.01. The zero-order valence-corrected chi connectivity index (χ0v) is 13.1. The Kier molecular flexibility index (Phi) is 4.82. The number of carbonyl (C=O) groups excluding carboxylic acids is 2. The third-order valence-corrected chi connectivity index (χ3v) is 4.93. The number of hydrogen-bond acceptors (Lipinski definition) is 4. The van der Waals surface area contributed by atoms with E-state index in [4.69, 9.17) is 5.73 Å². The molecule has 2 amide bonds. The summed E-state index contributed by atoms with van der Waals surface area (Å²) in [5, 5.41) is 2.74. The molecular weight excluding hydrogens is 306 g/mol. The van der Waals surface area contributed by atoms with Crippen LogP contribution < -0.4 is 11.1 Å². The topological polar surface area (TPSA) is 110 Å². The quantitative estimate of drug-likeness (QED) is 0.834. The maximum Gasteiger partial charge on any atom is 0.248 e. The number of carbonyl (C=O) groups is 2. The molecule has 1 fully saturated rings. The average molecular weight is 325 g/mol. The van der Waals surface area contributed by atoms with Crippen LogP contribution in [0.25, 0.3) is 0 Å². The van der Waals surface area contributed by atoms with E-state index < -0.39 is 15.9 Å². The highest BCUT2D eigenvalue weighted by molar-refractivity contribution is 7.88. The van der Waals surface area contributed by atoms with Crippen LogP contribution in [0.4, 0.5) is 5.69 Å². The molecule has 22 heavy (non-hydrogen) atoms. The van der Waals surface area contributed by atoms with Crippen molar-refractivity contribution in [2.75, 3.05) is 24.7 Å². The van der Waals surface area contributed by atoms with Crippen LogP contribution in [0.1, 0.15) is 23.2 Å². The molecule has 0 aromatic heterocycles. The van der Waals surface area contributed by atoms with Crippen molar-refractivity contribution in [3.05, 3.63) is 29.8 Å². The minimum atomic E-state index is -3.28. The molecule has 8 heteroatoms. The van der Waals surface area contributed by atoms with Crippen molar-refractivity contribution in [1.82, 2.24) is 4.31 Å². The monoisotopic (exact) mass is 325 g/mol. The van der Waals surface area contributed by atoms with Crippen LogP contribution in [-0.4, -0.2) is 43.9 Å². The number of nitrogens with one attached hydrogen (secondary N) is 1. The zero-order valence-electron chi connectivity index (χ0n) is 12.3. The highest BCUT2D eigenvalue weighted by Crippen LogP contribution is 2.20. The van der Waals surface area contributed by atoms with Crippen LogP contribution in [0.15, 0.2) is 24.3 Å². The molecule has 120 valence electrons. The van der Waals surface area contributed by atoms with Crippen LogP contribution in [0.5, 0.6) is 0 Å². The molecule has 1 atom stereocenters. The zero-order chi connectivity index (χ0) is 16.3. The SMILES string of the molecule is CS(=O)(=O)N1CCC[C@@H](C(=O)Nc2ccc(C(N)=O)cc2)C1. The number of primary amides is 1. The third-order valence-electron chi connectivity index (χ3n) is 3.66. The minimum absolute atomic E-state index is 0.198. The first-order valence-electron chi connectivity index (χ1n) is 6.93. The molecule has 0 bridgehead atoms. The lowest BCUT2D eigenvalue weighted by Crippen LogP contribution is -2.43. The van der Waals surface area contributed by atoms with Crippen molar-refractivity contribution in [2.24, 2.45) is 11.7 Å². The van der Waals surface area contributed by atoms with E-state index in [0.29, 0.717) is 30.6 Å². The van der Waals surface area contributed by atoms with Crippen molar-refractivity contribution < 1.29 is 18.0 Å². The van der Waals surface area contributed by atoms with Crippen molar-refractivity contribution in [1.29, 1.82) is 0 Å². The summed E-state index contributed by atoms with van der Waals surface area (Å²) in [6, 6.07) is 6.24. The van der Waals surface area contributed by atoms with Crippen LogP contribution in [0.2, 0.25) is 0 Å². The molecule has 1 heterocycles. The molecule has 1 aliphatic heterocycles. The predicted molar refractivity (Wildman–Crippen MR) is 82.7 cm³/mol. The summed E-state index contributed by atoms with van der Waals surface area (Å²) in [6.45, 7) is 0.653. The van der Waals surface area contributed by atoms with Crippen molar-refractivity contribution in [3.8, 4) is 0 Å². The maximum atomic E-state index is 12.2. The van der Waals surface area contributed by atoms with Gasteiger partial charge in [0.25, 0.3) is 0 Å². The Bertz CT molecular complexity index is 670. The van der Waals surface area contributed by atoms with E-state index >= 15 is 0 Å². The summed E-state index contributed by atoms with van der Waals surface area (Å²) in [4.78, 5) is 23.2. The Morgan fingerprint density at radius 3 is 2.45 bits per heavy atom. The number of hydrogen-bond donors (Lipinski definition) is 2. The van der Waals surface area contributed by atoms with Crippen molar-refractivity contribution >= 4 is 27.5 Å². The first-order chi connectivity index (χ1) is 10.3. The molecule has 0 spiro atoms.